The van der Waals surface area contributed by atoms with Crippen molar-refractivity contribution in [2.45, 2.75) is 41.8 Å². The molecule has 0 aromatic carbocycles. The second-order valence-electron chi connectivity index (χ2n) is 4.11. The molecule has 0 aliphatic heterocycles. The maximum Gasteiger partial charge on any atom is 0.270 e. The largest absolute Gasteiger partial charge is 0.374 e. The summed E-state index contributed by atoms with van der Waals surface area (Å²) in [6.07, 6.45) is 2.82. The van der Waals surface area contributed by atoms with Crippen LogP contribution < -0.4 is 10.5 Å². The third-order valence-corrected chi connectivity index (χ3v) is 6.63. The van der Waals surface area contributed by atoms with E-state index < -0.39 is 10.0 Å². The Morgan fingerprint density at radius 3 is 2.89 bits per heavy atom. The van der Waals surface area contributed by atoms with Gasteiger partial charge in [0.25, 0.3) is 10.0 Å². The number of nitrogens with two attached hydrogens (primary N) is 1. The van der Waals surface area contributed by atoms with E-state index in [-0.39, 0.29) is 15.5 Å². The molecule has 1 saturated carbocycles. The molecule has 1 fully saturated rings. The van der Waals surface area contributed by atoms with E-state index in [0.717, 1.165) is 36.4 Å². The van der Waals surface area contributed by atoms with Crippen molar-refractivity contribution in [2.24, 2.45) is 0 Å². The quantitative estimate of drug-likeness (QED) is 0.844. The van der Waals surface area contributed by atoms with Gasteiger partial charge < -0.3 is 5.73 Å². The molecule has 1 aromatic rings. The topological polar surface area (TPSA) is 98.0 Å². The van der Waals surface area contributed by atoms with Crippen molar-refractivity contribution in [3.05, 3.63) is 0 Å². The van der Waals surface area contributed by atoms with Crippen LogP contribution in [0.1, 0.15) is 26.2 Å². The van der Waals surface area contributed by atoms with Crippen molar-refractivity contribution >= 4 is 38.3 Å². The first kappa shape index (κ1) is 14.0. The van der Waals surface area contributed by atoms with Crippen LogP contribution in [0.3, 0.4) is 0 Å². The van der Waals surface area contributed by atoms with E-state index >= 15 is 0 Å². The predicted molar refractivity (Wildman–Crippen MR) is 74.2 cm³/mol. The molecular formula is C9H16N4O2S3. The maximum absolute atomic E-state index is 12.0. The average molecular weight is 308 g/mol. The number of anilines is 1. The summed E-state index contributed by atoms with van der Waals surface area (Å²) in [5, 5.41) is 7.82. The molecule has 6 nitrogen and oxygen atoms in total. The Bertz CT molecular complexity index is 502. The van der Waals surface area contributed by atoms with Gasteiger partial charge in [0.05, 0.1) is 0 Å². The first-order valence-electron chi connectivity index (χ1n) is 5.74. The molecule has 1 aliphatic rings. The highest BCUT2D eigenvalue weighted by molar-refractivity contribution is 7.99. The predicted octanol–water partition coefficient (Wildman–Crippen LogP) is 1.07. The van der Waals surface area contributed by atoms with Gasteiger partial charge in [-0.05, 0) is 25.0 Å². The Morgan fingerprint density at radius 2 is 2.28 bits per heavy atom. The van der Waals surface area contributed by atoms with Crippen molar-refractivity contribution in [1.82, 2.24) is 14.9 Å². The number of nitrogens with zero attached hydrogens (tertiary/aromatic N) is 2. The highest BCUT2D eigenvalue weighted by Gasteiger charge is 2.30. The normalized spacial score (nSPS) is 24.5. The van der Waals surface area contributed by atoms with Gasteiger partial charge in [-0.2, -0.15) is 11.8 Å². The van der Waals surface area contributed by atoms with Crippen molar-refractivity contribution in [2.75, 3.05) is 11.5 Å². The van der Waals surface area contributed by atoms with Crippen LogP contribution in [0.15, 0.2) is 4.34 Å². The Balaban J connectivity index is 1.98. The summed E-state index contributed by atoms with van der Waals surface area (Å²) in [5.41, 5.74) is 5.39. The standard InChI is InChI=1S/C9H16N4O2S3/c1-2-16-7-4-3-6(5-7)13-18(14,15)9-12-11-8(10)17-9/h6-7,13H,2-5H2,1H3,(H2,10,11). The van der Waals surface area contributed by atoms with Gasteiger partial charge >= 0.3 is 0 Å². The van der Waals surface area contributed by atoms with Crippen molar-refractivity contribution in [3.63, 3.8) is 0 Å². The minimum absolute atomic E-state index is 0.00387. The van der Waals surface area contributed by atoms with E-state index in [0.29, 0.717) is 5.25 Å². The van der Waals surface area contributed by atoms with E-state index in [2.05, 4.69) is 21.8 Å². The molecule has 0 spiro atoms. The van der Waals surface area contributed by atoms with Gasteiger partial charge in [0, 0.05) is 11.3 Å². The second-order valence-corrected chi connectivity index (χ2v) is 8.59. The maximum atomic E-state index is 12.0. The molecular weight excluding hydrogens is 292 g/mol. The van der Waals surface area contributed by atoms with Gasteiger partial charge in [-0.15, -0.1) is 10.2 Å². The third-order valence-electron chi connectivity index (χ3n) is 2.76. The van der Waals surface area contributed by atoms with E-state index in [1.165, 1.54) is 0 Å². The Hall–Kier alpha value is -0.380. The van der Waals surface area contributed by atoms with Crippen LogP contribution in [-0.2, 0) is 10.0 Å². The van der Waals surface area contributed by atoms with Crippen LogP contribution in [0, 0.1) is 0 Å². The first-order chi connectivity index (χ1) is 8.51. The molecule has 1 heterocycles. The molecule has 2 atom stereocenters. The molecule has 9 heteroatoms. The Labute approximate surface area is 115 Å². The van der Waals surface area contributed by atoms with Gasteiger partial charge in [0.15, 0.2) is 0 Å². The molecule has 3 N–H and O–H groups in total. The monoisotopic (exact) mass is 308 g/mol. The summed E-state index contributed by atoms with van der Waals surface area (Å²) in [6, 6.07) is 0.00387. The molecule has 0 amide bonds. The fraction of sp³-hybridized carbons (Fsp3) is 0.778. The lowest BCUT2D eigenvalue weighted by Crippen LogP contribution is -2.33. The fourth-order valence-electron chi connectivity index (χ4n) is 2.03. The SMILES string of the molecule is CCSC1CCC(NS(=O)(=O)c2nnc(N)s2)C1. The Morgan fingerprint density at radius 1 is 1.50 bits per heavy atom. The van der Waals surface area contributed by atoms with Gasteiger partial charge in [0.2, 0.25) is 9.47 Å². The minimum Gasteiger partial charge on any atom is -0.374 e. The van der Waals surface area contributed by atoms with Crippen LogP contribution in [0.25, 0.3) is 0 Å². The summed E-state index contributed by atoms with van der Waals surface area (Å²) in [7, 11) is -3.56. The molecule has 2 unspecified atom stereocenters. The van der Waals surface area contributed by atoms with Gasteiger partial charge in [-0.25, -0.2) is 13.1 Å². The van der Waals surface area contributed by atoms with Gasteiger partial charge in [0.1, 0.15) is 0 Å². The van der Waals surface area contributed by atoms with Crippen molar-refractivity contribution in [1.29, 1.82) is 0 Å². The number of thioether (sulfide) groups is 1. The summed E-state index contributed by atoms with van der Waals surface area (Å²) in [5.74, 6) is 1.07. The second kappa shape index (κ2) is 5.72. The molecule has 18 heavy (non-hydrogen) atoms. The minimum atomic E-state index is -3.56. The number of hydrogen-bond acceptors (Lipinski definition) is 7. The fourth-order valence-corrected chi connectivity index (χ4v) is 5.26. The molecule has 0 saturated heterocycles. The average Bonchev–Trinajstić information content (AvgIpc) is 2.88. The zero-order valence-electron chi connectivity index (χ0n) is 10.00. The number of nitrogens with one attached hydrogen (secondary N) is 1. The van der Waals surface area contributed by atoms with Crippen LogP contribution in [0.2, 0.25) is 0 Å². The van der Waals surface area contributed by atoms with Gasteiger partial charge in [-0.1, -0.05) is 18.3 Å². The van der Waals surface area contributed by atoms with E-state index in [1.807, 2.05) is 11.8 Å². The molecule has 2 rings (SSSR count). The van der Waals surface area contributed by atoms with E-state index in [4.69, 9.17) is 5.73 Å². The first-order valence-corrected chi connectivity index (χ1v) is 9.09. The van der Waals surface area contributed by atoms with Crippen LogP contribution in [0.5, 0.6) is 0 Å². The van der Waals surface area contributed by atoms with Crippen molar-refractivity contribution < 1.29 is 8.42 Å². The summed E-state index contributed by atoms with van der Waals surface area (Å²) in [6.45, 7) is 2.12. The van der Waals surface area contributed by atoms with Crippen LogP contribution in [-0.4, -0.2) is 35.7 Å². The molecule has 1 aliphatic carbocycles. The third kappa shape index (κ3) is 3.34. The smallest absolute Gasteiger partial charge is 0.270 e. The summed E-state index contributed by atoms with van der Waals surface area (Å²) < 4.78 is 26.6. The highest BCUT2D eigenvalue weighted by Crippen LogP contribution is 2.30. The number of hydrogen-bond donors (Lipinski definition) is 2. The Kier molecular flexibility index (Phi) is 4.46. The number of rotatable bonds is 5. The van der Waals surface area contributed by atoms with Crippen molar-refractivity contribution in [3.8, 4) is 0 Å². The summed E-state index contributed by atoms with van der Waals surface area (Å²) in [4.78, 5) is 0. The van der Waals surface area contributed by atoms with E-state index in [1.54, 1.807) is 0 Å². The highest BCUT2D eigenvalue weighted by atomic mass is 32.2. The lowest BCUT2D eigenvalue weighted by molar-refractivity contribution is 0.551. The van der Waals surface area contributed by atoms with E-state index in [9.17, 15) is 8.42 Å². The number of sulfonamides is 1. The zero-order valence-corrected chi connectivity index (χ0v) is 12.4. The summed E-state index contributed by atoms with van der Waals surface area (Å²) >= 11 is 2.78. The lowest BCUT2D eigenvalue weighted by Gasteiger charge is -2.11. The molecule has 0 radical (unpaired) electrons. The number of nitrogen functional groups attached to an aromatic ring is 1. The van der Waals surface area contributed by atoms with Gasteiger partial charge in [-0.3, -0.25) is 0 Å². The number of aromatic nitrogens is 2. The molecule has 0 bridgehead atoms. The molecule has 1 aromatic heterocycles. The van der Waals surface area contributed by atoms with Crippen LogP contribution >= 0.6 is 23.1 Å². The lowest BCUT2D eigenvalue weighted by atomic mass is 10.3. The van der Waals surface area contributed by atoms with Crippen LogP contribution in [0.4, 0.5) is 5.13 Å². The zero-order chi connectivity index (χ0) is 13.2. The molecule has 102 valence electrons.